The molecule has 0 saturated heterocycles. The molecule has 84 valence electrons. The van der Waals surface area contributed by atoms with E-state index in [2.05, 4.69) is 52.9 Å². The van der Waals surface area contributed by atoms with Crippen LogP contribution in [-0.2, 0) is 6.42 Å². The lowest BCUT2D eigenvalue weighted by molar-refractivity contribution is 0.735. The number of rotatable bonds is 4. The second-order valence-electron chi connectivity index (χ2n) is 3.84. The van der Waals surface area contributed by atoms with Crippen LogP contribution >= 0.6 is 11.8 Å². The number of hydrogen-bond acceptors (Lipinski definition) is 3. The zero-order chi connectivity index (χ0) is 11.4. The van der Waals surface area contributed by atoms with Gasteiger partial charge >= 0.3 is 0 Å². The Morgan fingerprint density at radius 1 is 1.31 bits per heavy atom. The highest BCUT2D eigenvalue weighted by molar-refractivity contribution is 7.98. The largest absolute Gasteiger partial charge is 0.198 e. The van der Waals surface area contributed by atoms with E-state index in [-0.39, 0.29) is 0 Å². The van der Waals surface area contributed by atoms with E-state index in [1.165, 1.54) is 10.5 Å². The van der Waals surface area contributed by atoms with Gasteiger partial charge < -0.3 is 0 Å². The molecule has 0 bridgehead atoms. The minimum absolute atomic E-state index is 0.473. The summed E-state index contributed by atoms with van der Waals surface area (Å²) < 4.78 is 0. The molecular formula is C12H15N3S. The topological polar surface area (TPSA) is 41.6 Å². The summed E-state index contributed by atoms with van der Waals surface area (Å²) in [6.45, 7) is 2.21. The molecule has 1 unspecified atom stereocenters. The number of hydrogen-bond donors (Lipinski definition) is 1. The van der Waals surface area contributed by atoms with Crippen molar-refractivity contribution in [1.29, 1.82) is 0 Å². The van der Waals surface area contributed by atoms with Crippen LogP contribution in [0.3, 0.4) is 0 Å². The monoisotopic (exact) mass is 233 g/mol. The third kappa shape index (κ3) is 2.64. The summed E-state index contributed by atoms with van der Waals surface area (Å²) in [5.74, 6) is 0.473. The Labute approximate surface area is 99.7 Å². The molecule has 1 atom stereocenters. The van der Waals surface area contributed by atoms with Crippen LogP contribution in [0.5, 0.6) is 0 Å². The summed E-state index contributed by atoms with van der Waals surface area (Å²) in [5, 5.41) is 10.5. The SMILES string of the molecule is CSc1ccc(C(C)Cc2cn[nH]n2)cc1. The van der Waals surface area contributed by atoms with Gasteiger partial charge in [-0.1, -0.05) is 19.1 Å². The third-order valence-electron chi connectivity index (χ3n) is 2.67. The minimum Gasteiger partial charge on any atom is -0.198 e. The van der Waals surface area contributed by atoms with Gasteiger partial charge in [-0.15, -0.1) is 11.8 Å². The van der Waals surface area contributed by atoms with Crippen LogP contribution in [-0.4, -0.2) is 21.7 Å². The van der Waals surface area contributed by atoms with Gasteiger partial charge in [0, 0.05) is 4.90 Å². The van der Waals surface area contributed by atoms with E-state index in [4.69, 9.17) is 0 Å². The first-order valence-corrected chi connectivity index (χ1v) is 6.50. The summed E-state index contributed by atoms with van der Waals surface area (Å²) in [7, 11) is 0. The molecule has 4 heteroatoms. The molecule has 1 N–H and O–H groups in total. The molecule has 0 aliphatic heterocycles. The van der Waals surface area contributed by atoms with Crippen molar-refractivity contribution >= 4 is 11.8 Å². The highest BCUT2D eigenvalue weighted by atomic mass is 32.2. The Bertz CT molecular complexity index is 422. The molecule has 0 spiro atoms. The van der Waals surface area contributed by atoms with Crippen LogP contribution in [0.25, 0.3) is 0 Å². The van der Waals surface area contributed by atoms with Gasteiger partial charge in [-0.25, -0.2) is 0 Å². The van der Waals surface area contributed by atoms with Crippen molar-refractivity contribution in [2.24, 2.45) is 0 Å². The van der Waals surface area contributed by atoms with Crippen molar-refractivity contribution < 1.29 is 0 Å². The van der Waals surface area contributed by atoms with Crippen molar-refractivity contribution in [3.8, 4) is 0 Å². The van der Waals surface area contributed by atoms with Crippen LogP contribution < -0.4 is 0 Å². The van der Waals surface area contributed by atoms with E-state index >= 15 is 0 Å². The fourth-order valence-corrected chi connectivity index (χ4v) is 2.10. The first-order valence-electron chi connectivity index (χ1n) is 5.28. The fourth-order valence-electron chi connectivity index (χ4n) is 1.69. The van der Waals surface area contributed by atoms with Crippen molar-refractivity contribution in [2.75, 3.05) is 6.26 Å². The number of nitrogens with zero attached hydrogens (tertiary/aromatic N) is 2. The molecule has 0 fully saturated rings. The zero-order valence-corrected chi connectivity index (χ0v) is 10.3. The molecule has 0 saturated carbocycles. The molecule has 0 aliphatic carbocycles. The van der Waals surface area contributed by atoms with Crippen molar-refractivity contribution in [2.45, 2.75) is 24.2 Å². The van der Waals surface area contributed by atoms with Gasteiger partial charge in [-0.3, -0.25) is 0 Å². The molecule has 1 heterocycles. The Hall–Kier alpha value is -1.29. The van der Waals surface area contributed by atoms with Gasteiger partial charge in [0.25, 0.3) is 0 Å². The van der Waals surface area contributed by atoms with Crippen molar-refractivity contribution in [3.63, 3.8) is 0 Å². The standard InChI is InChI=1S/C12H15N3S/c1-9(7-11-8-13-15-14-11)10-3-5-12(16-2)6-4-10/h3-6,8-9H,7H2,1-2H3,(H,13,14,15). The van der Waals surface area contributed by atoms with Gasteiger partial charge in [-0.2, -0.15) is 15.4 Å². The third-order valence-corrected chi connectivity index (χ3v) is 3.41. The van der Waals surface area contributed by atoms with Crippen LogP contribution in [0.1, 0.15) is 24.1 Å². The molecular weight excluding hydrogens is 218 g/mol. The Morgan fingerprint density at radius 3 is 2.62 bits per heavy atom. The second kappa shape index (κ2) is 5.16. The predicted molar refractivity (Wildman–Crippen MR) is 66.7 cm³/mol. The average molecular weight is 233 g/mol. The number of nitrogens with one attached hydrogen (secondary N) is 1. The van der Waals surface area contributed by atoms with E-state index in [1.54, 1.807) is 18.0 Å². The Kier molecular flexibility index (Phi) is 3.62. The van der Waals surface area contributed by atoms with Crippen molar-refractivity contribution in [1.82, 2.24) is 15.4 Å². The minimum atomic E-state index is 0.473. The quantitative estimate of drug-likeness (QED) is 0.826. The number of aromatic nitrogens is 3. The molecule has 1 aromatic heterocycles. The lowest BCUT2D eigenvalue weighted by Gasteiger charge is -2.10. The average Bonchev–Trinajstić information content (AvgIpc) is 2.82. The summed E-state index contributed by atoms with van der Waals surface area (Å²) in [6.07, 6.45) is 4.80. The maximum Gasteiger partial charge on any atom is 0.0830 e. The first-order chi connectivity index (χ1) is 7.79. The van der Waals surface area contributed by atoms with Crippen LogP contribution in [0, 0.1) is 0 Å². The summed E-state index contributed by atoms with van der Waals surface area (Å²) in [5.41, 5.74) is 2.36. The van der Waals surface area contributed by atoms with Gasteiger partial charge in [0.2, 0.25) is 0 Å². The van der Waals surface area contributed by atoms with Crippen LogP contribution in [0.4, 0.5) is 0 Å². The van der Waals surface area contributed by atoms with Crippen LogP contribution in [0.2, 0.25) is 0 Å². The lowest BCUT2D eigenvalue weighted by Crippen LogP contribution is -1.98. The lowest BCUT2D eigenvalue weighted by atomic mass is 9.97. The van der Waals surface area contributed by atoms with E-state index in [9.17, 15) is 0 Å². The van der Waals surface area contributed by atoms with Crippen molar-refractivity contribution in [3.05, 3.63) is 41.7 Å². The van der Waals surface area contributed by atoms with E-state index < -0.39 is 0 Å². The number of thioether (sulfide) groups is 1. The molecule has 3 nitrogen and oxygen atoms in total. The van der Waals surface area contributed by atoms with Crippen LogP contribution in [0.15, 0.2) is 35.4 Å². The molecule has 0 aliphatic rings. The normalized spacial score (nSPS) is 12.6. The van der Waals surface area contributed by atoms with Gasteiger partial charge in [0.05, 0.1) is 11.9 Å². The molecule has 2 aromatic rings. The fraction of sp³-hybridized carbons (Fsp3) is 0.333. The number of H-pyrrole nitrogens is 1. The Morgan fingerprint density at radius 2 is 2.06 bits per heavy atom. The molecule has 2 rings (SSSR count). The summed E-state index contributed by atoms with van der Waals surface area (Å²) >= 11 is 1.77. The van der Waals surface area contributed by atoms with Gasteiger partial charge in [-0.05, 0) is 36.3 Å². The summed E-state index contributed by atoms with van der Waals surface area (Å²) in [6, 6.07) is 8.71. The number of benzene rings is 1. The van der Waals surface area contributed by atoms with E-state index in [0.29, 0.717) is 5.92 Å². The highest BCUT2D eigenvalue weighted by Gasteiger charge is 2.08. The highest BCUT2D eigenvalue weighted by Crippen LogP contribution is 2.22. The molecule has 1 aromatic carbocycles. The molecule has 16 heavy (non-hydrogen) atoms. The van der Waals surface area contributed by atoms with Gasteiger partial charge in [0.1, 0.15) is 0 Å². The second-order valence-corrected chi connectivity index (χ2v) is 4.72. The first kappa shape index (κ1) is 11.2. The predicted octanol–water partition coefficient (Wildman–Crippen LogP) is 2.87. The maximum absolute atomic E-state index is 4.08. The smallest absolute Gasteiger partial charge is 0.0830 e. The molecule has 0 amide bonds. The van der Waals surface area contributed by atoms with E-state index in [0.717, 1.165) is 12.1 Å². The Balaban J connectivity index is 2.05. The van der Waals surface area contributed by atoms with E-state index in [1.807, 2.05) is 0 Å². The molecule has 0 radical (unpaired) electrons. The van der Waals surface area contributed by atoms with Gasteiger partial charge in [0.15, 0.2) is 0 Å². The zero-order valence-electron chi connectivity index (χ0n) is 9.47. The number of aromatic amines is 1. The summed E-state index contributed by atoms with van der Waals surface area (Å²) in [4.78, 5) is 1.30. The maximum atomic E-state index is 4.08.